The van der Waals surface area contributed by atoms with E-state index >= 15 is 0 Å². The van der Waals surface area contributed by atoms with Crippen molar-refractivity contribution in [2.24, 2.45) is 0 Å². The Balaban J connectivity index is 2.13. The topological polar surface area (TPSA) is 75.4 Å². The molecule has 0 saturated heterocycles. The minimum atomic E-state index is -0.694. The summed E-state index contributed by atoms with van der Waals surface area (Å²) in [6, 6.07) is 8.56. The van der Waals surface area contributed by atoms with E-state index in [1.807, 2.05) is 51.1 Å². The van der Waals surface area contributed by atoms with Crippen LogP contribution in [0.1, 0.15) is 47.9 Å². The number of aromatic nitrogens is 1. The Morgan fingerprint density at radius 2 is 1.84 bits per heavy atom. The highest BCUT2D eigenvalue weighted by Gasteiger charge is 2.26. The van der Waals surface area contributed by atoms with Crippen LogP contribution in [0.3, 0.4) is 0 Å². The van der Waals surface area contributed by atoms with Gasteiger partial charge in [0.25, 0.3) is 0 Å². The molecule has 0 aliphatic carbocycles. The highest BCUT2D eigenvalue weighted by Crippen LogP contribution is 2.26. The van der Waals surface area contributed by atoms with Gasteiger partial charge in [0, 0.05) is 26.1 Å². The lowest BCUT2D eigenvalue weighted by Gasteiger charge is -2.23. The van der Waals surface area contributed by atoms with Crippen molar-refractivity contribution < 1.29 is 14.1 Å². The average Bonchev–Trinajstić information content (AvgIpc) is 2.91. The van der Waals surface area contributed by atoms with E-state index in [-0.39, 0.29) is 24.2 Å². The number of benzene rings is 1. The molecule has 1 aromatic heterocycles. The molecule has 2 amide bonds. The van der Waals surface area contributed by atoms with Crippen LogP contribution in [0.4, 0.5) is 0 Å². The number of nitrogens with one attached hydrogen (secondary N) is 1. The second kappa shape index (κ2) is 7.96. The van der Waals surface area contributed by atoms with E-state index in [4.69, 9.17) is 4.52 Å². The molecule has 2 aromatic rings. The quantitative estimate of drug-likeness (QED) is 0.875. The Bertz CT molecular complexity index is 718. The molecule has 6 heteroatoms. The van der Waals surface area contributed by atoms with Crippen LogP contribution in [0.2, 0.25) is 0 Å². The van der Waals surface area contributed by atoms with E-state index in [2.05, 4.69) is 10.5 Å². The molecule has 0 bridgehead atoms. The van der Waals surface area contributed by atoms with Gasteiger partial charge in [0.15, 0.2) is 0 Å². The second-order valence-corrected chi connectivity index (χ2v) is 6.49. The number of hydrogen-bond donors (Lipinski definition) is 1. The fourth-order valence-corrected chi connectivity index (χ4v) is 2.99. The van der Waals surface area contributed by atoms with Crippen LogP contribution in [0, 0.1) is 13.8 Å². The summed E-state index contributed by atoms with van der Waals surface area (Å²) >= 11 is 0. The molecule has 0 fully saturated rings. The van der Waals surface area contributed by atoms with Crippen molar-refractivity contribution in [2.75, 3.05) is 14.1 Å². The molecule has 1 heterocycles. The van der Waals surface area contributed by atoms with E-state index in [0.29, 0.717) is 0 Å². The number of carbonyl (C=O) groups excluding carboxylic acids is 2. The summed E-state index contributed by atoms with van der Waals surface area (Å²) in [4.78, 5) is 26.5. The van der Waals surface area contributed by atoms with Gasteiger partial charge in [-0.2, -0.15) is 0 Å². The summed E-state index contributed by atoms with van der Waals surface area (Å²) in [5, 5.41) is 6.80. The van der Waals surface area contributed by atoms with Gasteiger partial charge in [-0.3, -0.25) is 9.59 Å². The first-order valence-electron chi connectivity index (χ1n) is 8.29. The molecule has 2 rings (SSSR count). The molecule has 0 aliphatic heterocycles. The molecular formula is C19H25N3O3. The highest BCUT2D eigenvalue weighted by atomic mass is 16.5. The number of carbonyl (C=O) groups is 2. The summed E-state index contributed by atoms with van der Waals surface area (Å²) in [5.74, 6) is 0.333. The number of rotatable bonds is 6. The van der Waals surface area contributed by atoms with E-state index in [1.54, 1.807) is 14.1 Å². The van der Waals surface area contributed by atoms with Gasteiger partial charge in [0.2, 0.25) is 11.8 Å². The van der Waals surface area contributed by atoms with Crippen LogP contribution in [0.5, 0.6) is 0 Å². The second-order valence-electron chi connectivity index (χ2n) is 6.49. The van der Waals surface area contributed by atoms with Gasteiger partial charge < -0.3 is 14.7 Å². The number of amides is 2. The van der Waals surface area contributed by atoms with Crippen LogP contribution >= 0.6 is 0 Å². The van der Waals surface area contributed by atoms with Crippen LogP contribution in [0.25, 0.3) is 0 Å². The Labute approximate surface area is 148 Å². The predicted octanol–water partition coefficient (Wildman–Crippen LogP) is 2.73. The molecule has 6 nitrogen and oxygen atoms in total. The van der Waals surface area contributed by atoms with E-state index in [9.17, 15) is 9.59 Å². The third-order valence-electron chi connectivity index (χ3n) is 4.20. The zero-order valence-electron chi connectivity index (χ0n) is 15.4. The molecule has 134 valence electrons. The third-order valence-corrected chi connectivity index (χ3v) is 4.20. The fraction of sp³-hybridized carbons (Fsp3) is 0.421. The lowest BCUT2D eigenvalue weighted by molar-refractivity contribution is -0.134. The van der Waals surface area contributed by atoms with Crippen molar-refractivity contribution in [2.45, 2.75) is 39.2 Å². The van der Waals surface area contributed by atoms with Crippen LogP contribution in [0.15, 0.2) is 34.9 Å². The van der Waals surface area contributed by atoms with Crippen molar-refractivity contribution in [1.29, 1.82) is 0 Å². The normalized spacial score (nSPS) is 13.2. The standard InChI is InChI=1S/C19H25N3O3/c1-12(17-13(2)21-25-14(17)3)11-16(23)20-18(19(24)22(4)5)15-9-7-6-8-10-15/h6-10,12,18H,11H2,1-5H3,(H,20,23)/t12-,18+/m1/s1. The van der Waals surface area contributed by atoms with Gasteiger partial charge in [-0.1, -0.05) is 42.4 Å². The Kier molecular flexibility index (Phi) is 5.96. The lowest BCUT2D eigenvalue weighted by atomic mass is 9.95. The highest BCUT2D eigenvalue weighted by molar-refractivity contribution is 5.88. The molecular weight excluding hydrogens is 318 g/mol. The van der Waals surface area contributed by atoms with Gasteiger partial charge in [0.05, 0.1) is 5.69 Å². The largest absolute Gasteiger partial charge is 0.361 e. The van der Waals surface area contributed by atoms with Crippen LogP contribution in [-0.2, 0) is 9.59 Å². The molecule has 1 N–H and O–H groups in total. The predicted molar refractivity (Wildman–Crippen MR) is 95.0 cm³/mol. The maximum Gasteiger partial charge on any atom is 0.249 e. The zero-order chi connectivity index (χ0) is 18.6. The smallest absolute Gasteiger partial charge is 0.249 e. The number of likely N-dealkylation sites (N-methyl/N-ethyl adjacent to an activating group) is 1. The SMILES string of the molecule is Cc1noc(C)c1[C@H](C)CC(=O)N[C@H](C(=O)N(C)C)c1ccccc1. The average molecular weight is 343 g/mol. The van der Waals surface area contributed by atoms with Gasteiger partial charge >= 0.3 is 0 Å². The Morgan fingerprint density at radius 3 is 2.36 bits per heavy atom. The minimum Gasteiger partial charge on any atom is -0.361 e. The zero-order valence-corrected chi connectivity index (χ0v) is 15.4. The first-order valence-corrected chi connectivity index (χ1v) is 8.29. The van der Waals surface area contributed by atoms with Gasteiger partial charge in [-0.25, -0.2) is 0 Å². The summed E-state index contributed by atoms with van der Waals surface area (Å²) in [6.45, 7) is 5.66. The summed E-state index contributed by atoms with van der Waals surface area (Å²) in [5.41, 5.74) is 2.51. The summed E-state index contributed by atoms with van der Waals surface area (Å²) < 4.78 is 5.18. The lowest BCUT2D eigenvalue weighted by Crippen LogP contribution is -2.40. The van der Waals surface area contributed by atoms with Crippen molar-refractivity contribution in [3.63, 3.8) is 0 Å². The maximum atomic E-state index is 12.5. The monoisotopic (exact) mass is 343 g/mol. The molecule has 25 heavy (non-hydrogen) atoms. The van der Waals surface area contributed by atoms with E-state index < -0.39 is 6.04 Å². The van der Waals surface area contributed by atoms with E-state index in [0.717, 1.165) is 22.6 Å². The van der Waals surface area contributed by atoms with E-state index in [1.165, 1.54) is 4.90 Å². The van der Waals surface area contributed by atoms with Gasteiger partial charge in [-0.15, -0.1) is 0 Å². The Hall–Kier alpha value is -2.63. The van der Waals surface area contributed by atoms with Crippen LogP contribution < -0.4 is 5.32 Å². The van der Waals surface area contributed by atoms with Gasteiger partial charge in [0.1, 0.15) is 11.8 Å². The van der Waals surface area contributed by atoms with Crippen molar-refractivity contribution in [1.82, 2.24) is 15.4 Å². The molecule has 2 atom stereocenters. The molecule has 1 aromatic carbocycles. The first kappa shape index (κ1) is 18.7. The minimum absolute atomic E-state index is 0.0443. The maximum absolute atomic E-state index is 12.5. The molecule has 0 spiro atoms. The third kappa shape index (κ3) is 4.47. The molecule has 0 radical (unpaired) electrons. The number of aryl methyl sites for hydroxylation is 2. The molecule has 0 saturated carbocycles. The Morgan fingerprint density at radius 1 is 1.20 bits per heavy atom. The summed E-state index contributed by atoms with van der Waals surface area (Å²) in [7, 11) is 3.35. The van der Waals surface area contributed by atoms with Crippen molar-refractivity contribution >= 4 is 11.8 Å². The number of hydrogen-bond acceptors (Lipinski definition) is 4. The van der Waals surface area contributed by atoms with Crippen molar-refractivity contribution in [3.05, 3.63) is 52.9 Å². The van der Waals surface area contributed by atoms with Gasteiger partial charge in [-0.05, 0) is 25.3 Å². The van der Waals surface area contributed by atoms with Crippen molar-refractivity contribution in [3.8, 4) is 0 Å². The summed E-state index contributed by atoms with van der Waals surface area (Å²) in [6.07, 6.45) is 0.257. The molecule has 0 unspecified atom stereocenters. The van der Waals surface area contributed by atoms with Crippen LogP contribution in [-0.4, -0.2) is 36.0 Å². The first-order chi connectivity index (χ1) is 11.8. The molecule has 0 aliphatic rings. The fourth-order valence-electron chi connectivity index (χ4n) is 2.99. The number of nitrogens with zero attached hydrogens (tertiary/aromatic N) is 2.